The van der Waals surface area contributed by atoms with Gasteiger partial charge in [0.15, 0.2) is 0 Å². The first-order valence-corrected chi connectivity index (χ1v) is 17.1. The zero-order valence-corrected chi connectivity index (χ0v) is 28.2. The standard InChI is InChI=1S/C42H48NO/c1-22(2)29-21-32-35-30(20-19-28-38(35)41(9,10)39-27-16-12-14-18-33(27)44-40(28)39)42(43(32)31-17-13-11-15-26(29)31)36(24(5)6)34(23(3)4)37(42)25(7)8/h11-25,34,36-37H,1-10H3/q+1. The van der Waals surface area contributed by atoms with Crippen LogP contribution in [0.2, 0.25) is 0 Å². The van der Waals surface area contributed by atoms with E-state index in [9.17, 15) is 0 Å². The molecule has 2 aliphatic carbocycles. The number of hydrogen-bond donors (Lipinski definition) is 0. The topological polar surface area (TPSA) is 17.0 Å². The minimum atomic E-state index is -0.183. The Hall–Kier alpha value is -3.39. The number of nitrogens with zero attached hydrogens (tertiary/aromatic N) is 1. The Balaban J connectivity index is 1.56. The van der Waals surface area contributed by atoms with Gasteiger partial charge in [0, 0.05) is 56.8 Å². The number of pyridine rings is 1. The van der Waals surface area contributed by atoms with Crippen molar-refractivity contribution in [1.29, 1.82) is 0 Å². The summed E-state index contributed by atoms with van der Waals surface area (Å²) in [5.41, 5.74) is 12.1. The summed E-state index contributed by atoms with van der Waals surface area (Å²) in [4.78, 5) is 0. The van der Waals surface area contributed by atoms with Crippen molar-refractivity contribution in [3.63, 3.8) is 0 Å². The molecule has 3 aromatic carbocycles. The molecule has 2 aromatic heterocycles. The van der Waals surface area contributed by atoms with E-state index in [1.54, 1.807) is 5.56 Å². The van der Waals surface area contributed by atoms with Crippen LogP contribution in [0.1, 0.15) is 97.4 Å². The molecule has 0 amide bonds. The summed E-state index contributed by atoms with van der Waals surface area (Å²) < 4.78 is 9.58. The highest BCUT2D eigenvalue weighted by atomic mass is 16.3. The number of rotatable bonds is 4. The van der Waals surface area contributed by atoms with Crippen LogP contribution < -0.4 is 4.57 Å². The number of para-hydroxylation sites is 2. The predicted octanol–water partition coefficient (Wildman–Crippen LogP) is 10.9. The van der Waals surface area contributed by atoms with Gasteiger partial charge in [0.1, 0.15) is 11.3 Å². The molecule has 2 heteroatoms. The minimum absolute atomic E-state index is 0.0893. The molecule has 1 saturated carbocycles. The fourth-order valence-electron chi connectivity index (χ4n) is 10.8. The van der Waals surface area contributed by atoms with Crippen LogP contribution in [0.25, 0.3) is 44.5 Å². The molecule has 0 saturated heterocycles. The van der Waals surface area contributed by atoms with Gasteiger partial charge in [-0.3, -0.25) is 0 Å². The smallest absolute Gasteiger partial charge is 0.214 e. The number of furan rings is 1. The van der Waals surface area contributed by atoms with Crippen molar-refractivity contribution >= 4 is 21.9 Å². The van der Waals surface area contributed by atoms with Crippen LogP contribution in [-0.4, -0.2) is 0 Å². The Morgan fingerprint density at radius 2 is 1.34 bits per heavy atom. The summed E-state index contributed by atoms with van der Waals surface area (Å²) in [6, 6.07) is 25.5. The number of hydrogen-bond acceptors (Lipinski definition) is 1. The Bertz CT molecular complexity index is 1970. The van der Waals surface area contributed by atoms with E-state index in [0.717, 1.165) is 11.3 Å². The third kappa shape index (κ3) is 3.15. The van der Waals surface area contributed by atoms with Gasteiger partial charge in [0.25, 0.3) is 0 Å². The average molecular weight is 583 g/mol. The van der Waals surface area contributed by atoms with Gasteiger partial charge in [0.05, 0.1) is 5.56 Å². The van der Waals surface area contributed by atoms with E-state index in [1.807, 2.05) is 0 Å². The highest BCUT2D eigenvalue weighted by molar-refractivity contribution is 5.98. The first-order valence-electron chi connectivity index (χ1n) is 17.1. The van der Waals surface area contributed by atoms with E-state index in [4.69, 9.17) is 4.42 Å². The summed E-state index contributed by atoms with van der Waals surface area (Å²) in [5, 5.41) is 2.66. The van der Waals surface area contributed by atoms with Gasteiger partial charge in [-0.2, -0.15) is 4.57 Å². The van der Waals surface area contributed by atoms with E-state index in [0.29, 0.717) is 41.4 Å². The Labute approximate surface area is 263 Å². The van der Waals surface area contributed by atoms with Gasteiger partial charge in [0.2, 0.25) is 16.7 Å². The Morgan fingerprint density at radius 3 is 1.98 bits per heavy atom. The van der Waals surface area contributed by atoms with Crippen LogP contribution in [0.3, 0.4) is 0 Å². The largest absolute Gasteiger partial charge is 0.456 e. The molecule has 2 nitrogen and oxygen atoms in total. The normalized spacial score (nSPS) is 24.5. The summed E-state index contributed by atoms with van der Waals surface area (Å²) >= 11 is 0. The van der Waals surface area contributed by atoms with Gasteiger partial charge in [-0.15, -0.1) is 0 Å². The zero-order valence-electron chi connectivity index (χ0n) is 28.2. The molecule has 1 fully saturated rings. The van der Waals surface area contributed by atoms with Crippen LogP contribution in [0.4, 0.5) is 0 Å². The maximum atomic E-state index is 6.71. The molecule has 2 atom stereocenters. The molecule has 0 N–H and O–H groups in total. The van der Waals surface area contributed by atoms with E-state index >= 15 is 0 Å². The minimum Gasteiger partial charge on any atom is -0.456 e. The molecule has 5 aromatic rings. The molecule has 8 rings (SSSR count). The Morgan fingerprint density at radius 1 is 0.705 bits per heavy atom. The lowest BCUT2D eigenvalue weighted by atomic mass is 9.41. The number of fused-ring (bicyclic) bond motifs is 13. The molecule has 44 heavy (non-hydrogen) atoms. The van der Waals surface area contributed by atoms with Crippen molar-refractivity contribution in [2.24, 2.45) is 35.5 Å². The van der Waals surface area contributed by atoms with Crippen molar-refractivity contribution in [2.75, 3.05) is 0 Å². The lowest BCUT2D eigenvalue weighted by Gasteiger charge is -2.61. The molecule has 3 heterocycles. The summed E-state index contributed by atoms with van der Waals surface area (Å²) in [6.45, 7) is 24.5. The zero-order chi connectivity index (χ0) is 31.0. The van der Waals surface area contributed by atoms with Crippen LogP contribution in [0.5, 0.6) is 0 Å². The number of aromatic nitrogens is 1. The highest BCUT2D eigenvalue weighted by Crippen LogP contribution is 2.68. The molecule has 0 radical (unpaired) electrons. The first-order chi connectivity index (χ1) is 20.9. The fourth-order valence-corrected chi connectivity index (χ4v) is 10.8. The second-order valence-corrected chi connectivity index (χ2v) is 16.0. The molecule has 1 spiro atoms. The van der Waals surface area contributed by atoms with E-state index in [2.05, 4.69) is 141 Å². The summed E-state index contributed by atoms with van der Waals surface area (Å²) in [5.74, 6) is 5.03. The monoisotopic (exact) mass is 582 g/mol. The lowest BCUT2D eigenvalue weighted by Crippen LogP contribution is -2.77. The molecule has 3 aliphatic rings. The third-order valence-electron chi connectivity index (χ3n) is 12.0. The molecule has 1 aliphatic heterocycles. The van der Waals surface area contributed by atoms with Crippen molar-refractivity contribution in [2.45, 2.75) is 86.1 Å². The van der Waals surface area contributed by atoms with Gasteiger partial charge < -0.3 is 4.42 Å². The van der Waals surface area contributed by atoms with E-state index in [1.165, 1.54) is 49.8 Å². The van der Waals surface area contributed by atoms with Crippen LogP contribution in [0.15, 0.2) is 71.1 Å². The van der Waals surface area contributed by atoms with Gasteiger partial charge in [-0.1, -0.05) is 112 Å². The van der Waals surface area contributed by atoms with Crippen molar-refractivity contribution in [3.8, 4) is 22.6 Å². The van der Waals surface area contributed by atoms with Crippen LogP contribution in [-0.2, 0) is 11.0 Å². The van der Waals surface area contributed by atoms with Crippen molar-refractivity contribution in [3.05, 3.63) is 89.0 Å². The molecular formula is C42H48NO+. The van der Waals surface area contributed by atoms with Gasteiger partial charge in [-0.25, -0.2) is 0 Å². The van der Waals surface area contributed by atoms with E-state index < -0.39 is 0 Å². The summed E-state index contributed by atoms with van der Waals surface area (Å²) in [6.07, 6.45) is 0. The highest BCUT2D eigenvalue weighted by Gasteiger charge is 2.75. The number of benzene rings is 3. The van der Waals surface area contributed by atoms with Gasteiger partial charge >= 0.3 is 0 Å². The molecular weight excluding hydrogens is 534 g/mol. The predicted molar refractivity (Wildman–Crippen MR) is 183 cm³/mol. The lowest BCUT2D eigenvalue weighted by molar-refractivity contribution is -0.757. The maximum Gasteiger partial charge on any atom is 0.214 e. The average Bonchev–Trinajstić information content (AvgIpc) is 3.56. The first kappa shape index (κ1) is 28.1. The SMILES string of the molecule is CC(C)c1cc2[n+](c3ccccc13)C1(c3ccc4c(c3-2)C(C)(C)c2c-4oc3ccccc23)C(C(C)C)C(C(C)C)C1C(C)C. The van der Waals surface area contributed by atoms with Crippen LogP contribution >= 0.6 is 0 Å². The molecule has 0 bridgehead atoms. The summed E-state index contributed by atoms with van der Waals surface area (Å²) in [7, 11) is 0. The molecule has 2 unspecified atom stereocenters. The Kier molecular flexibility index (Phi) is 5.81. The van der Waals surface area contributed by atoms with Crippen LogP contribution in [0, 0.1) is 35.5 Å². The molecule has 226 valence electrons. The van der Waals surface area contributed by atoms with E-state index in [-0.39, 0.29) is 11.0 Å². The van der Waals surface area contributed by atoms with Crippen molar-refractivity contribution < 1.29 is 8.98 Å². The second kappa shape index (κ2) is 9.09. The van der Waals surface area contributed by atoms with Gasteiger partial charge in [-0.05, 0) is 52.8 Å². The maximum absolute atomic E-state index is 6.71. The quantitative estimate of drug-likeness (QED) is 0.193. The second-order valence-electron chi connectivity index (χ2n) is 16.0. The van der Waals surface area contributed by atoms with Crippen molar-refractivity contribution in [1.82, 2.24) is 0 Å². The fraction of sp³-hybridized carbons (Fsp3) is 0.452. The third-order valence-corrected chi connectivity index (χ3v) is 12.0.